The summed E-state index contributed by atoms with van der Waals surface area (Å²) in [7, 11) is 0. The second-order valence-electron chi connectivity index (χ2n) is 6.45. The zero-order valence-electron chi connectivity index (χ0n) is 11.9. The van der Waals surface area contributed by atoms with Crippen molar-refractivity contribution in [3.8, 4) is 0 Å². The first kappa shape index (κ1) is 14.6. The van der Waals surface area contributed by atoms with Crippen LogP contribution < -0.4 is 0 Å². The highest BCUT2D eigenvalue weighted by Gasteiger charge is 2.51. The SMILES string of the molecule is O=CC12CCCCC(OC(=O)c3cccc(Cl)c3)(CC1)C2. The van der Waals surface area contributed by atoms with Crippen molar-refractivity contribution in [2.75, 3.05) is 0 Å². The van der Waals surface area contributed by atoms with Crippen molar-refractivity contribution in [3.63, 3.8) is 0 Å². The molecule has 0 aliphatic heterocycles. The minimum absolute atomic E-state index is 0.273. The summed E-state index contributed by atoms with van der Waals surface area (Å²) in [5.74, 6) is -0.332. The van der Waals surface area contributed by atoms with E-state index in [1.165, 1.54) is 0 Å². The third-order valence-electron chi connectivity index (χ3n) is 4.93. The van der Waals surface area contributed by atoms with Gasteiger partial charge in [-0.15, -0.1) is 0 Å². The van der Waals surface area contributed by atoms with Crippen LogP contribution in [0.1, 0.15) is 55.3 Å². The van der Waals surface area contributed by atoms with Crippen molar-refractivity contribution in [2.45, 2.75) is 50.5 Å². The average Bonchev–Trinajstić information content (AvgIpc) is 2.72. The number of hydrogen-bond donors (Lipinski definition) is 0. The molecule has 4 heteroatoms. The number of esters is 1. The van der Waals surface area contributed by atoms with Crippen LogP contribution in [-0.4, -0.2) is 17.9 Å². The number of ether oxygens (including phenoxy) is 1. The summed E-state index contributed by atoms with van der Waals surface area (Å²) in [4.78, 5) is 23.9. The minimum atomic E-state index is -0.461. The highest BCUT2D eigenvalue weighted by molar-refractivity contribution is 6.30. The Hall–Kier alpha value is -1.35. The highest BCUT2D eigenvalue weighted by atomic mass is 35.5. The molecule has 21 heavy (non-hydrogen) atoms. The first-order chi connectivity index (χ1) is 10.1. The van der Waals surface area contributed by atoms with Gasteiger partial charge in [-0.3, -0.25) is 0 Å². The molecule has 1 aromatic carbocycles. The number of carbonyl (C=O) groups is 2. The van der Waals surface area contributed by atoms with Gasteiger partial charge in [-0.05, 0) is 56.7 Å². The monoisotopic (exact) mass is 306 g/mol. The van der Waals surface area contributed by atoms with E-state index in [0.29, 0.717) is 17.0 Å². The maximum Gasteiger partial charge on any atom is 0.338 e. The number of hydrogen-bond acceptors (Lipinski definition) is 3. The molecule has 0 heterocycles. The molecule has 0 spiro atoms. The van der Waals surface area contributed by atoms with Crippen molar-refractivity contribution < 1.29 is 14.3 Å². The van der Waals surface area contributed by atoms with Crippen LogP contribution in [0.25, 0.3) is 0 Å². The van der Waals surface area contributed by atoms with E-state index in [1.807, 2.05) is 0 Å². The Balaban J connectivity index is 1.80. The molecule has 2 bridgehead atoms. The second-order valence-corrected chi connectivity index (χ2v) is 6.88. The van der Waals surface area contributed by atoms with Gasteiger partial charge >= 0.3 is 5.97 Å². The van der Waals surface area contributed by atoms with E-state index < -0.39 is 5.60 Å². The molecule has 3 nitrogen and oxygen atoms in total. The van der Waals surface area contributed by atoms with Gasteiger partial charge in [0.25, 0.3) is 0 Å². The van der Waals surface area contributed by atoms with Crippen molar-refractivity contribution in [3.05, 3.63) is 34.9 Å². The van der Waals surface area contributed by atoms with Gasteiger partial charge in [0.05, 0.1) is 5.56 Å². The molecule has 2 aliphatic rings. The molecular weight excluding hydrogens is 288 g/mol. The van der Waals surface area contributed by atoms with E-state index in [1.54, 1.807) is 24.3 Å². The Morgan fingerprint density at radius 3 is 2.76 bits per heavy atom. The molecule has 0 aromatic heterocycles. The minimum Gasteiger partial charge on any atom is -0.455 e. The van der Waals surface area contributed by atoms with Crippen LogP contribution in [-0.2, 0) is 9.53 Å². The van der Waals surface area contributed by atoms with Crippen LogP contribution in [0.15, 0.2) is 24.3 Å². The largest absolute Gasteiger partial charge is 0.455 e. The van der Waals surface area contributed by atoms with Gasteiger partial charge in [-0.1, -0.05) is 24.1 Å². The number of benzene rings is 1. The molecule has 2 fully saturated rings. The molecule has 112 valence electrons. The van der Waals surface area contributed by atoms with Crippen LogP contribution in [0.4, 0.5) is 0 Å². The Labute approximate surface area is 129 Å². The van der Waals surface area contributed by atoms with E-state index in [9.17, 15) is 9.59 Å². The first-order valence-corrected chi connectivity index (χ1v) is 7.90. The number of rotatable bonds is 3. The molecule has 0 amide bonds. The average molecular weight is 307 g/mol. The number of halogens is 1. The molecule has 2 aliphatic carbocycles. The number of fused-ring (bicyclic) bond motifs is 2. The lowest BCUT2D eigenvalue weighted by Gasteiger charge is -2.29. The summed E-state index contributed by atoms with van der Waals surface area (Å²) in [5, 5.41) is 0.525. The predicted octanol–water partition coefficient (Wildman–Crippen LogP) is 4.18. The van der Waals surface area contributed by atoms with Gasteiger partial charge in [0.15, 0.2) is 0 Å². The lowest BCUT2D eigenvalue weighted by molar-refractivity contribution is -0.117. The molecule has 0 radical (unpaired) electrons. The molecule has 0 N–H and O–H groups in total. The van der Waals surface area contributed by atoms with Crippen molar-refractivity contribution in [1.82, 2.24) is 0 Å². The van der Waals surface area contributed by atoms with E-state index in [0.717, 1.165) is 44.8 Å². The Morgan fingerprint density at radius 2 is 2.00 bits per heavy atom. The maximum atomic E-state index is 12.4. The second kappa shape index (κ2) is 5.45. The van der Waals surface area contributed by atoms with Gasteiger partial charge in [-0.25, -0.2) is 4.79 Å². The maximum absolute atomic E-state index is 12.4. The van der Waals surface area contributed by atoms with Gasteiger partial charge < -0.3 is 9.53 Å². The van der Waals surface area contributed by atoms with Crippen molar-refractivity contribution >= 4 is 23.9 Å². The lowest BCUT2D eigenvalue weighted by Crippen LogP contribution is -2.33. The quantitative estimate of drug-likeness (QED) is 0.621. The third-order valence-corrected chi connectivity index (χ3v) is 5.16. The van der Waals surface area contributed by atoms with Crippen LogP contribution in [0, 0.1) is 5.41 Å². The summed E-state index contributed by atoms with van der Waals surface area (Å²) in [6.45, 7) is 0. The van der Waals surface area contributed by atoms with Crippen molar-refractivity contribution in [1.29, 1.82) is 0 Å². The summed E-state index contributed by atoms with van der Waals surface area (Å²) < 4.78 is 5.86. The van der Waals surface area contributed by atoms with Gasteiger partial charge in [0.1, 0.15) is 11.9 Å². The lowest BCUT2D eigenvalue weighted by atomic mass is 9.83. The summed E-state index contributed by atoms with van der Waals surface area (Å²) >= 11 is 5.93. The fraction of sp³-hybridized carbons (Fsp3) is 0.529. The third kappa shape index (κ3) is 2.84. The standard InChI is InChI=1S/C17H19ClO3/c18-14-5-3-4-13(10-14)15(20)21-17-7-2-1-6-16(11-17,12-19)8-9-17/h3-5,10,12H,1-2,6-9,11H2. The fourth-order valence-electron chi connectivity index (χ4n) is 3.81. The van der Waals surface area contributed by atoms with Crippen LogP contribution in [0.3, 0.4) is 0 Å². The van der Waals surface area contributed by atoms with Crippen molar-refractivity contribution in [2.24, 2.45) is 5.41 Å². The van der Waals surface area contributed by atoms with Crippen LogP contribution in [0.2, 0.25) is 5.02 Å². The van der Waals surface area contributed by atoms with E-state index >= 15 is 0 Å². The Kier molecular flexibility index (Phi) is 3.78. The smallest absolute Gasteiger partial charge is 0.338 e. The van der Waals surface area contributed by atoms with Gasteiger partial charge in [0, 0.05) is 10.4 Å². The molecule has 2 unspecified atom stereocenters. The number of aldehydes is 1. The number of carbonyl (C=O) groups excluding carboxylic acids is 2. The predicted molar refractivity (Wildman–Crippen MR) is 80.4 cm³/mol. The molecular formula is C17H19ClO3. The molecule has 3 rings (SSSR count). The molecule has 2 atom stereocenters. The highest BCUT2D eigenvalue weighted by Crippen LogP contribution is 2.52. The summed E-state index contributed by atoms with van der Waals surface area (Å²) in [6, 6.07) is 6.81. The summed E-state index contributed by atoms with van der Waals surface area (Å²) in [6.07, 6.45) is 7.22. The Bertz CT molecular complexity index is 571. The molecule has 1 aromatic rings. The summed E-state index contributed by atoms with van der Waals surface area (Å²) in [5.41, 5.74) is -0.258. The first-order valence-electron chi connectivity index (χ1n) is 7.52. The van der Waals surface area contributed by atoms with Gasteiger partial charge in [-0.2, -0.15) is 0 Å². The van der Waals surface area contributed by atoms with E-state index in [4.69, 9.17) is 16.3 Å². The van der Waals surface area contributed by atoms with Crippen LogP contribution in [0.5, 0.6) is 0 Å². The molecule has 2 saturated carbocycles. The molecule has 0 saturated heterocycles. The zero-order valence-corrected chi connectivity index (χ0v) is 12.7. The topological polar surface area (TPSA) is 43.4 Å². The van der Waals surface area contributed by atoms with E-state index in [-0.39, 0.29) is 11.4 Å². The normalized spacial score (nSPS) is 31.5. The van der Waals surface area contributed by atoms with E-state index in [2.05, 4.69) is 0 Å². The Morgan fingerprint density at radius 1 is 1.19 bits per heavy atom. The zero-order chi connectivity index (χ0) is 14.9. The van der Waals surface area contributed by atoms with Crippen LogP contribution >= 0.6 is 11.6 Å². The fourth-order valence-corrected chi connectivity index (χ4v) is 4.01. The van der Waals surface area contributed by atoms with Gasteiger partial charge in [0.2, 0.25) is 0 Å².